The van der Waals surface area contributed by atoms with Crippen molar-refractivity contribution in [3.05, 3.63) is 29.1 Å². The van der Waals surface area contributed by atoms with Crippen LogP contribution in [0, 0.1) is 19.8 Å². The zero-order chi connectivity index (χ0) is 14.2. The lowest BCUT2D eigenvalue weighted by atomic mass is 9.81. The van der Waals surface area contributed by atoms with Gasteiger partial charge in [-0.2, -0.15) is 11.8 Å². The summed E-state index contributed by atoms with van der Waals surface area (Å²) in [5.41, 5.74) is 2.64. The van der Waals surface area contributed by atoms with Crippen molar-refractivity contribution in [2.24, 2.45) is 5.92 Å². The molecule has 2 saturated heterocycles. The van der Waals surface area contributed by atoms with Gasteiger partial charge in [-0.15, -0.1) is 0 Å². The van der Waals surface area contributed by atoms with Crippen LogP contribution < -0.4 is 0 Å². The number of thioether (sulfide) groups is 1. The lowest BCUT2D eigenvalue weighted by Crippen LogP contribution is -2.42. The van der Waals surface area contributed by atoms with E-state index in [1.54, 1.807) is 0 Å². The smallest absolute Gasteiger partial charge is 0.166 e. The van der Waals surface area contributed by atoms with E-state index in [-0.39, 0.29) is 17.3 Å². The fraction of sp³-hybridized carbons (Fsp3) is 0.625. The fourth-order valence-electron chi connectivity index (χ4n) is 3.33. The minimum Gasteiger partial charge on any atom is -0.374 e. The summed E-state index contributed by atoms with van der Waals surface area (Å²) in [6.45, 7) is 4.62. The Morgan fingerprint density at radius 3 is 2.80 bits per heavy atom. The van der Waals surface area contributed by atoms with Crippen LogP contribution in [0.15, 0.2) is 12.1 Å². The Morgan fingerprint density at radius 1 is 1.40 bits per heavy atom. The Morgan fingerprint density at radius 2 is 2.15 bits per heavy atom. The third kappa shape index (κ3) is 2.77. The molecule has 3 rings (SSSR count). The van der Waals surface area contributed by atoms with Crippen LogP contribution in [-0.4, -0.2) is 34.5 Å². The zero-order valence-corrected chi connectivity index (χ0v) is 13.0. The summed E-state index contributed by atoms with van der Waals surface area (Å²) < 4.78 is 6.00. The summed E-state index contributed by atoms with van der Waals surface area (Å²) in [5.74, 6) is 2.60. The highest BCUT2D eigenvalue weighted by Gasteiger charge is 2.42. The zero-order valence-electron chi connectivity index (χ0n) is 12.1. The SMILES string of the molecule is Cc1cc(C(=O)C2CCOC3(CCSC3)C2)cc(C)n1. The second-order valence-electron chi connectivity index (χ2n) is 6.03. The number of aromatic nitrogens is 1. The van der Waals surface area contributed by atoms with Gasteiger partial charge in [0.25, 0.3) is 0 Å². The van der Waals surface area contributed by atoms with E-state index in [2.05, 4.69) is 4.98 Å². The molecule has 2 atom stereocenters. The van der Waals surface area contributed by atoms with E-state index in [9.17, 15) is 4.79 Å². The van der Waals surface area contributed by atoms with Crippen molar-refractivity contribution in [1.82, 2.24) is 4.98 Å². The van der Waals surface area contributed by atoms with Crippen molar-refractivity contribution < 1.29 is 9.53 Å². The predicted molar refractivity (Wildman–Crippen MR) is 81.4 cm³/mol. The molecule has 0 amide bonds. The quantitative estimate of drug-likeness (QED) is 0.785. The molecule has 0 radical (unpaired) electrons. The van der Waals surface area contributed by atoms with Crippen molar-refractivity contribution in [2.75, 3.05) is 18.1 Å². The number of Topliss-reactive ketones (excluding diaryl/α,β-unsaturated/α-hetero) is 1. The van der Waals surface area contributed by atoms with Gasteiger partial charge >= 0.3 is 0 Å². The number of hydrogen-bond donors (Lipinski definition) is 0. The molecule has 0 N–H and O–H groups in total. The molecular weight excluding hydrogens is 270 g/mol. The van der Waals surface area contributed by atoms with Gasteiger partial charge < -0.3 is 4.74 Å². The number of rotatable bonds is 2. The Balaban J connectivity index is 1.79. The van der Waals surface area contributed by atoms with Gasteiger partial charge in [-0.1, -0.05) is 0 Å². The monoisotopic (exact) mass is 291 g/mol. The number of hydrogen-bond acceptors (Lipinski definition) is 4. The molecule has 0 saturated carbocycles. The number of pyridine rings is 1. The van der Waals surface area contributed by atoms with Gasteiger partial charge in [-0.05, 0) is 51.0 Å². The van der Waals surface area contributed by atoms with Gasteiger partial charge in [0.15, 0.2) is 5.78 Å². The maximum Gasteiger partial charge on any atom is 0.166 e. The van der Waals surface area contributed by atoms with Crippen LogP contribution in [0.5, 0.6) is 0 Å². The average molecular weight is 291 g/mol. The third-order valence-electron chi connectivity index (χ3n) is 4.30. The minimum atomic E-state index is -0.0274. The van der Waals surface area contributed by atoms with Gasteiger partial charge in [0.05, 0.1) is 5.60 Å². The van der Waals surface area contributed by atoms with Crippen LogP contribution in [0.4, 0.5) is 0 Å². The highest BCUT2D eigenvalue weighted by molar-refractivity contribution is 7.99. The number of ether oxygens (including phenoxy) is 1. The number of aryl methyl sites for hydroxylation is 2. The normalized spacial score (nSPS) is 29.8. The van der Waals surface area contributed by atoms with E-state index in [0.717, 1.165) is 54.3 Å². The number of carbonyl (C=O) groups is 1. The lowest BCUT2D eigenvalue weighted by molar-refractivity contribution is -0.0734. The molecule has 20 heavy (non-hydrogen) atoms. The molecule has 2 unspecified atom stereocenters. The van der Waals surface area contributed by atoms with Crippen molar-refractivity contribution in [1.29, 1.82) is 0 Å². The molecule has 2 fully saturated rings. The third-order valence-corrected chi connectivity index (χ3v) is 5.52. The topological polar surface area (TPSA) is 39.2 Å². The second kappa shape index (κ2) is 5.49. The van der Waals surface area contributed by atoms with Crippen molar-refractivity contribution >= 4 is 17.5 Å². The molecule has 1 aromatic rings. The molecule has 4 heteroatoms. The average Bonchev–Trinajstić information content (AvgIpc) is 2.85. The van der Waals surface area contributed by atoms with Gasteiger partial charge in [-0.3, -0.25) is 9.78 Å². The Kier molecular flexibility index (Phi) is 3.87. The molecule has 3 nitrogen and oxygen atoms in total. The Hall–Kier alpha value is -0.870. The molecule has 3 heterocycles. The van der Waals surface area contributed by atoms with E-state index < -0.39 is 0 Å². The highest BCUT2D eigenvalue weighted by Crippen LogP contribution is 2.41. The van der Waals surface area contributed by atoms with Crippen LogP contribution in [0.3, 0.4) is 0 Å². The van der Waals surface area contributed by atoms with Crippen molar-refractivity contribution in [3.63, 3.8) is 0 Å². The van der Waals surface area contributed by atoms with E-state index in [1.165, 1.54) is 0 Å². The van der Waals surface area contributed by atoms with Gasteiger partial charge in [0.1, 0.15) is 0 Å². The van der Waals surface area contributed by atoms with Gasteiger partial charge in [0, 0.05) is 35.2 Å². The summed E-state index contributed by atoms with van der Waals surface area (Å²) in [4.78, 5) is 17.1. The molecule has 0 aliphatic carbocycles. The maximum absolute atomic E-state index is 12.8. The van der Waals surface area contributed by atoms with E-state index in [4.69, 9.17) is 4.74 Å². The number of ketones is 1. The van der Waals surface area contributed by atoms with Crippen molar-refractivity contribution in [3.8, 4) is 0 Å². The van der Waals surface area contributed by atoms with Crippen LogP contribution in [0.2, 0.25) is 0 Å². The molecule has 0 bridgehead atoms. The molecule has 1 aromatic heterocycles. The lowest BCUT2D eigenvalue weighted by Gasteiger charge is -2.37. The van der Waals surface area contributed by atoms with Crippen LogP contribution in [0.1, 0.15) is 41.0 Å². The first kappa shape index (κ1) is 14.1. The first-order valence-corrected chi connectivity index (χ1v) is 8.45. The summed E-state index contributed by atoms with van der Waals surface area (Å²) in [7, 11) is 0. The molecule has 108 valence electrons. The molecule has 2 aliphatic rings. The highest BCUT2D eigenvalue weighted by atomic mass is 32.2. The van der Waals surface area contributed by atoms with Crippen LogP contribution >= 0.6 is 11.8 Å². The minimum absolute atomic E-state index is 0.0274. The molecule has 2 aliphatic heterocycles. The largest absolute Gasteiger partial charge is 0.374 e. The fourth-order valence-corrected chi connectivity index (χ4v) is 4.71. The van der Waals surface area contributed by atoms with E-state index >= 15 is 0 Å². The standard InChI is InChI=1S/C16H21NO2S/c1-11-7-14(8-12(2)17-11)15(18)13-3-5-19-16(9-13)4-6-20-10-16/h7-8,13H,3-6,9-10H2,1-2H3. The van der Waals surface area contributed by atoms with E-state index in [1.807, 2.05) is 37.7 Å². The number of carbonyl (C=O) groups excluding carboxylic acids is 1. The summed E-state index contributed by atoms with van der Waals surface area (Å²) >= 11 is 1.95. The summed E-state index contributed by atoms with van der Waals surface area (Å²) in [6, 6.07) is 3.84. The maximum atomic E-state index is 12.8. The first-order valence-electron chi connectivity index (χ1n) is 7.29. The number of nitrogens with zero attached hydrogens (tertiary/aromatic N) is 1. The summed E-state index contributed by atoms with van der Waals surface area (Å²) in [5, 5.41) is 0. The molecular formula is C16H21NO2S. The summed E-state index contributed by atoms with van der Waals surface area (Å²) in [6.07, 6.45) is 2.83. The van der Waals surface area contributed by atoms with Crippen LogP contribution in [0.25, 0.3) is 0 Å². The Labute approximate surface area is 124 Å². The predicted octanol–water partition coefficient (Wildman–Crippen LogP) is 3.18. The van der Waals surface area contributed by atoms with Crippen LogP contribution in [-0.2, 0) is 4.74 Å². The molecule has 1 spiro atoms. The second-order valence-corrected chi connectivity index (χ2v) is 7.13. The van der Waals surface area contributed by atoms with Crippen molar-refractivity contribution in [2.45, 2.75) is 38.7 Å². The Bertz CT molecular complexity index is 503. The van der Waals surface area contributed by atoms with E-state index in [0.29, 0.717) is 0 Å². The van der Waals surface area contributed by atoms with Gasteiger partial charge in [-0.25, -0.2) is 0 Å². The first-order chi connectivity index (χ1) is 9.58. The van der Waals surface area contributed by atoms with Gasteiger partial charge in [0.2, 0.25) is 0 Å². The molecule has 0 aromatic carbocycles.